The first-order valence-electron chi connectivity index (χ1n) is 10.6. The number of carbonyl (C=O) groups is 1. The lowest BCUT2D eigenvalue weighted by atomic mass is 9.83. The van der Waals surface area contributed by atoms with Crippen LogP contribution in [0.5, 0.6) is 0 Å². The lowest BCUT2D eigenvalue weighted by Gasteiger charge is -2.22. The van der Waals surface area contributed by atoms with Gasteiger partial charge in [-0.15, -0.1) is 5.10 Å². The summed E-state index contributed by atoms with van der Waals surface area (Å²) >= 11 is 0. The number of benzene rings is 1. The van der Waals surface area contributed by atoms with Gasteiger partial charge >= 0.3 is 0 Å². The molecule has 148 valence electrons. The normalized spacial score (nSPS) is 25.8. The van der Waals surface area contributed by atoms with Crippen LogP contribution in [0, 0.1) is 11.3 Å². The van der Waals surface area contributed by atoms with E-state index in [-0.39, 0.29) is 11.9 Å². The second kappa shape index (κ2) is 6.99. The summed E-state index contributed by atoms with van der Waals surface area (Å²) in [6, 6.07) is 5.96. The van der Waals surface area contributed by atoms with Crippen molar-refractivity contribution < 1.29 is 4.79 Å². The molecule has 1 aliphatic heterocycles. The number of rotatable bonds is 5. The van der Waals surface area contributed by atoms with E-state index in [1.807, 2.05) is 25.2 Å². The van der Waals surface area contributed by atoms with Crippen molar-refractivity contribution in [2.75, 3.05) is 6.54 Å². The monoisotopic (exact) mass is 379 g/mol. The van der Waals surface area contributed by atoms with Crippen LogP contribution in [0.4, 0.5) is 0 Å². The predicted octanol–water partition coefficient (Wildman–Crippen LogP) is 2.84. The Morgan fingerprint density at radius 2 is 2.25 bits per heavy atom. The Kier molecular flexibility index (Phi) is 4.46. The molecule has 1 saturated carbocycles. The van der Waals surface area contributed by atoms with Gasteiger partial charge < -0.3 is 10.6 Å². The van der Waals surface area contributed by atoms with Crippen LogP contribution in [0.25, 0.3) is 11.0 Å². The van der Waals surface area contributed by atoms with Gasteiger partial charge in [0.2, 0.25) is 5.91 Å². The molecule has 1 aromatic heterocycles. The maximum absolute atomic E-state index is 12.6. The van der Waals surface area contributed by atoms with E-state index >= 15 is 0 Å². The minimum Gasteiger partial charge on any atom is -0.351 e. The summed E-state index contributed by atoms with van der Waals surface area (Å²) in [5.41, 5.74) is 5.25. The standard InChI is InChI=1S/C22H29N5O/c1-27-20-3-2-16(11-18(20)25-26-27)13-24-21(28)19-12-17(14-23-19)10-15-4-6-22(7-5-15)8-9-22/h2-4,11,17,19,23H,5-10,12-14H2,1H3,(H,24,28)/t17-,19+/m1/s1. The van der Waals surface area contributed by atoms with Gasteiger partial charge in [0, 0.05) is 13.6 Å². The topological polar surface area (TPSA) is 71.8 Å². The summed E-state index contributed by atoms with van der Waals surface area (Å²) in [6.07, 6.45) is 11.4. The Hall–Kier alpha value is -2.21. The SMILES string of the molecule is Cn1nnc2cc(CNC(=O)[C@@H]3C[C@@H](CC4=CCC5(CC4)CC5)CN3)ccc21. The molecule has 28 heavy (non-hydrogen) atoms. The molecule has 0 radical (unpaired) electrons. The van der Waals surface area contributed by atoms with Crippen molar-refractivity contribution in [3.8, 4) is 0 Å². The highest BCUT2D eigenvalue weighted by molar-refractivity contribution is 5.82. The molecular formula is C22H29N5O. The van der Waals surface area contributed by atoms with Crippen LogP contribution >= 0.6 is 0 Å². The Bertz CT molecular complexity index is 926. The first kappa shape index (κ1) is 17.9. The molecule has 5 rings (SSSR count). The molecule has 2 fully saturated rings. The van der Waals surface area contributed by atoms with Gasteiger partial charge in [-0.1, -0.05) is 22.9 Å². The third kappa shape index (κ3) is 3.58. The first-order chi connectivity index (χ1) is 13.6. The van der Waals surface area contributed by atoms with Gasteiger partial charge in [0.15, 0.2) is 0 Å². The van der Waals surface area contributed by atoms with Gasteiger partial charge in [0.25, 0.3) is 0 Å². The van der Waals surface area contributed by atoms with E-state index in [0.717, 1.165) is 36.0 Å². The number of amides is 1. The largest absolute Gasteiger partial charge is 0.351 e. The van der Waals surface area contributed by atoms with Gasteiger partial charge in [-0.05, 0) is 80.5 Å². The highest BCUT2D eigenvalue weighted by atomic mass is 16.2. The average molecular weight is 380 g/mol. The molecule has 1 aromatic carbocycles. The number of aryl methyl sites for hydroxylation is 1. The van der Waals surface area contributed by atoms with Crippen molar-refractivity contribution in [1.82, 2.24) is 25.6 Å². The third-order valence-electron chi connectivity index (χ3n) is 6.99. The van der Waals surface area contributed by atoms with Gasteiger partial charge in [-0.3, -0.25) is 4.79 Å². The van der Waals surface area contributed by atoms with Crippen molar-refractivity contribution >= 4 is 16.9 Å². The molecule has 1 spiro atoms. The van der Waals surface area contributed by atoms with E-state index in [2.05, 4.69) is 27.0 Å². The van der Waals surface area contributed by atoms with Gasteiger partial charge in [0.05, 0.1) is 11.6 Å². The van der Waals surface area contributed by atoms with Crippen LogP contribution in [0.1, 0.15) is 50.5 Å². The number of fused-ring (bicyclic) bond motifs is 1. The minimum absolute atomic E-state index is 0.0655. The summed E-state index contributed by atoms with van der Waals surface area (Å²) in [7, 11) is 1.88. The molecule has 2 atom stereocenters. The summed E-state index contributed by atoms with van der Waals surface area (Å²) in [6.45, 7) is 1.48. The molecule has 0 unspecified atom stereocenters. The maximum Gasteiger partial charge on any atom is 0.237 e. The fraction of sp³-hybridized carbons (Fsp3) is 0.591. The zero-order valence-electron chi connectivity index (χ0n) is 16.6. The van der Waals surface area contributed by atoms with Crippen molar-refractivity contribution in [3.05, 3.63) is 35.4 Å². The smallest absolute Gasteiger partial charge is 0.237 e. The molecule has 2 N–H and O–H groups in total. The molecule has 1 amide bonds. The Balaban J connectivity index is 1.11. The number of hydrogen-bond donors (Lipinski definition) is 2. The number of nitrogens with zero attached hydrogens (tertiary/aromatic N) is 3. The van der Waals surface area contributed by atoms with E-state index in [1.165, 1.54) is 32.1 Å². The number of carbonyl (C=O) groups excluding carboxylic acids is 1. The van der Waals surface area contributed by atoms with Gasteiger partial charge in [0.1, 0.15) is 5.52 Å². The number of allylic oxidation sites excluding steroid dienone is 2. The molecular weight excluding hydrogens is 350 g/mol. The van der Waals surface area contributed by atoms with Crippen LogP contribution in [0.3, 0.4) is 0 Å². The molecule has 1 saturated heterocycles. The van der Waals surface area contributed by atoms with Gasteiger partial charge in [-0.25, -0.2) is 4.68 Å². The second-order valence-corrected chi connectivity index (χ2v) is 9.09. The van der Waals surface area contributed by atoms with Gasteiger partial charge in [-0.2, -0.15) is 0 Å². The van der Waals surface area contributed by atoms with E-state index in [4.69, 9.17) is 0 Å². The van der Waals surface area contributed by atoms with Crippen molar-refractivity contribution in [2.45, 2.75) is 57.5 Å². The van der Waals surface area contributed by atoms with E-state index in [0.29, 0.717) is 17.9 Å². The van der Waals surface area contributed by atoms with Crippen LogP contribution in [0.2, 0.25) is 0 Å². The second-order valence-electron chi connectivity index (χ2n) is 9.09. The molecule has 3 aliphatic rings. The molecule has 6 nitrogen and oxygen atoms in total. The summed E-state index contributed by atoms with van der Waals surface area (Å²) in [4.78, 5) is 12.6. The number of hydrogen-bond acceptors (Lipinski definition) is 4. The molecule has 2 heterocycles. The van der Waals surface area contributed by atoms with Crippen LogP contribution in [-0.2, 0) is 18.4 Å². The maximum atomic E-state index is 12.6. The fourth-order valence-electron chi connectivity index (χ4n) is 4.85. The number of aromatic nitrogens is 3. The molecule has 2 aromatic rings. The Morgan fingerprint density at radius 1 is 1.36 bits per heavy atom. The van der Waals surface area contributed by atoms with E-state index in [1.54, 1.807) is 10.3 Å². The van der Waals surface area contributed by atoms with Crippen molar-refractivity contribution in [2.24, 2.45) is 18.4 Å². The van der Waals surface area contributed by atoms with Crippen molar-refractivity contribution in [1.29, 1.82) is 0 Å². The lowest BCUT2D eigenvalue weighted by molar-refractivity contribution is -0.123. The predicted molar refractivity (Wildman–Crippen MR) is 108 cm³/mol. The zero-order valence-corrected chi connectivity index (χ0v) is 16.6. The first-order valence-corrected chi connectivity index (χ1v) is 10.6. The van der Waals surface area contributed by atoms with Crippen LogP contribution in [0.15, 0.2) is 29.8 Å². The van der Waals surface area contributed by atoms with E-state index in [9.17, 15) is 4.79 Å². The molecule has 6 heteroatoms. The summed E-state index contributed by atoms with van der Waals surface area (Å²) < 4.78 is 1.76. The molecule has 2 aliphatic carbocycles. The Morgan fingerprint density at radius 3 is 3.04 bits per heavy atom. The summed E-state index contributed by atoms with van der Waals surface area (Å²) in [5, 5.41) is 14.7. The van der Waals surface area contributed by atoms with Crippen molar-refractivity contribution in [3.63, 3.8) is 0 Å². The lowest BCUT2D eigenvalue weighted by Crippen LogP contribution is -2.39. The van der Waals surface area contributed by atoms with Crippen LogP contribution < -0.4 is 10.6 Å². The fourth-order valence-corrected chi connectivity index (χ4v) is 4.85. The Labute approximate surface area is 165 Å². The van der Waals surface area contributed by atoms with E-state index < -0.39 is 0 Å². The average Bonchev–Trinajstić information content (AvgIpc) is 3.12. The third-order valence-corrected chi connectivity index (χ3v) is 6.99. The highest BCUT2D eigenvalue weighted by Gasteiger charge is 2.42. The highest BCUT2D eigenvalue weighted by Crippen LogP contribution is 2.55. The van der Waals surface area contributed by atoms with Crippen LogP contribution in [-0.4, -0.2) is 33.5 Å². The molecule has 0 bridgehead atoms. The minimum atomic E-state index is -0.0655. The number of nitrogens with one attached hydrogen (secondary N) is 2. The summed E-state index contributed by atoms with van der Waals surface area (Å²) in [5.74, 6) is 0.697. The quantitative estimate of drug-likeness (QED) is 0.784. The zero-order chi connectivity index (χ0) is 19.1.